The second kappa shape index (κ2) is 3.01. The number of hydrogen-bond donors (Lipinski definition) is 2. The van der Waals surface area contributed by atoms with Crippen LogP contribution in [0.4, 0.5) is 0 Å². The topological polar surface area (TPSA) is 49.3 Å². The molecule has 0 amide bonds. The fraction of sp³-hybridized carbons (Fsp3) is 0.857. The summed E-state index contributed by atoms with van der Waals surface area (Å²) in [5, 5.41) is 11.8. The van der Waals surface area contributed by atoms with E-state index in [9.17, 15) is 4.79 Å². The number of rotatable bonds is 2. The molecule has 2 atom stereocenters. The highest BCUT2D eigenvalue weighted by atomic mass is 16.4. The standard InChI is InChI=1S/C7H13NO2/c1-2-6-5(7(9)10)3-4-8-6/h5-6,8H,2-4H2,1H3,(H,9,10). The number of aliphatic carboxylic acids is 1. The Balaban J connectivity index is 2.50. The molecular weight excluding hydrogens is 130 g/mol. The van der Waals surface area contributed by atoms with Gasteiger partial charge in [-0.15, -0.1) is 0 Å². The first kappa shape index (κ1) is 7.54. The first-order valence-electron chi connectivity index (χ1n) is 3.72. The van der Waals surface area contributed by atoms with Gasteiger partial charge in [0.25, 0.3) is 0 Å². The summed E-state index contributed by atoms with van der Waals surface area (Å²) in [5.41, 5.74) is 0. The molecule has 0 aromatic carbocycles. The van der Waals surface area contributed by atoms with E-state index in [1.165, 1.54) is 0 Å². The van der Waals surface area contributed by atoms with E-state index >= 15 is 0 Å². The third-order valence-electron chi connectivity index (χ3n) is 2.10. The van der Waals surface area contributed by atoms with E-state index in [2.05, 4.69) is 5.32 Å². The van der Waals surface area contributed by atoms with E-state index in [1.54, 1.807) is 0 Å². The van der Waals surface area contributed by atoms with E-state index in [4.69, 9.17) is 5.11 Å². The number of carboxylic acids is 1. The minimum absolute atomic E-state index is 0.148. The Kier molecular flexibility index (Phi) is 2.27. The Morgan fingerprint density at radius 1 is 1.80 bits per heavy atom. The van der Waals surface area contributed by atoms with Crippen molar-refractivity contribution in [1.29, 1.82) is 0 Å². The minimum atomic E-state index is -0.656. The first-order valence-corrected chi connectivity index (χ1v) is 3.72. The van der Waals surface area contributed by atoms with E-state index in [0.29, 0.717) is 0 Å². The van der Waals surface area contributed by atoms with Crippen molar-refractivity contribution in [3.8, 4) is 0 Å². The lowest BCUT2D eigenvalue weighted by molar-refractivity contribution is -0.142. The lowest BCUT2D eigenvalue weighted by Gasteiger charge is -2.12. The van der Waals surface area contributed by atoms with Crippen molar-refractivity contribution in [2.24, 2.45) is 5.92 Å². The fourth-order valence-corrected chi connectivity index (χ4v) is 1.49. The lowest BCUT2D eigenvalue weighted by atomic mass is 9.99. The molecule has 0 aliphatic carbocycles. The van der Waals surface area contributed by atoms with Gasteiger partial charge in [-0.05, 0) is 19.4 Å². The number of hydrogen-bond acceptors (Lipinski definition) is 2. The Labute approximate surface area is 60.4 Å². The third-order valence-corrected chi connectivity index (χ3v) is 2.10. The molecular formula is C7H13NO2. The van der Waals surface area contributed by atoms with E-state index in [1.807, 2.05) is 6.92 Å². The zero-order valence-corrected chi connectivity index (χ0v) is 6.13. The predicted octanol–water partition coefficient (Wildman–Crippen LogP) is 0.459. The smallest absolute Gasteiger partial charge is 0.308 e. The highest BCUT2D eigenvalue weighted by Crippen LogP contribution is 2.17. The predicted molar refractivity (Wildman–Crippen MR) is 37.8 cm³/mol. The normalized spacial score (nSPS) is 32.5. The summed E-state index contributed by atoms with van der Waals surface area (Å²) in [5.74, 6) is -0.804. The zero-order chi connectivity index (χ0) is 7.56. The maximum Gasteiger partial charge on any atom is 0.308 e. The summed E-state index contributed by atoms with van der Waals surface area (Å²) in [6.45, 7) is 2.87. The lowest BCUT2D eigenvalue weighted by Crippen LogP contribution is -2.30. The Morgan fingerprint density at radius 3 is 2.90 bits per heavy atom. The van der Waals surface area contributed by atoms with Gasteiger partial charge < -0.3 is 10.4 Å². The van der Waals surface area contributed by atoms with Crippen molar-refractivity contribution < 1.29 is 9.90 Å². The molecule has 1 fully saturated rings. The summed E-state index contributed by atoms with van der Waals surface area (Å²) in [7, 11) is 0. The molecule has 1 aliphatic rings. The van der Waals surface area contributed by atoms with Crippen LogP contribution in [0.15, 0.2) is 0 Å². The van der Waals surface area contributed by atoms with Crippen LogP contribution in [-0.2, 0) is 4.79 Å². The Hall–Kier alpha value is -0.570. The van der Waals surface area contributed by atoms with Crippen LogP contribution in [0.3, 0.4) is 0 Å². The van der Waals surface area contributed by atoms with E-state index in [-0.39, 0.29) is 12.0 Å². The molecule has 0 saturated carbocycles. The first-order chi connectivity index (χ1) is 4.75. The molecule has 58 valence electrons. The second-order valence-corrected chi connectivity index (χ2v) is 2.70. The second-order valence-electron chi connectivity index (χ2n) is 2.70. The Bertz CT molecular complexity index is 136. The monoisotopic (exact) mass is 143 g/mol. The van der Waals surface area contributed by atoms with Crippen molar-refractivity contribution in [3.05, 3.63) is 0 Å². The quantitative estimate of drug-likeness (QED) is 0.590. The fourth-order valence-electron chi connectivity index (χ4n) is 1.49. The molecule has 2 unspecified atom stereocenters. The van der Waals surface area contributed by atoms with Gasteiger partial charge in [0, 0.05) is 6.04 Å². The molecule has 3 heteroatoms. The molecule has 0 bridgehead atoms. The maximum atomic E-state index is 10.5. The molecule has 0 aromatic rings. The average molecular weight is 143 g/mol. The highest BCUT2D eigenvalue weighted by Gasteiger charge is 2.30. The minimum Gasteiger partial charge on any atom is -0.481 e. The van der Waals surface area contributed by atoms with Crippen LogP contribution in [0, 0.1) is 5.92 Å². The summed E-state index contributed by atoms with van der Waals surface area (Å²) in [6.07, 6.45) is 1.70. The van der Waals surface area contributed by atoms with Gasteiger partial charge in [0.1, 0.15) is 0 Å². The van der Waals surface area contributed by atoms with Crippen LogP contribution >= 0.6 is 0 Å². The Morgan fingerprint density at radius 2 is 2.50 bits per heavy atom. The van der Waals surface area contributed by atoms with Gasteiger partial charge in [-0.1, -0.05) is 6.92 Å². The average Bonchev–Trinajstić information content (AvgIpc) is 2.33. The number of carbonyl (C=O) groups is 1. The van der Waals surface area contributed by atoms with Gasteiger partial charge in [-0.2, -0.15) is 0 Å². The van der Waals surface area contributed by atoms with Crippen molar-refractivity contribution in [3.63, 3.8) is 0 Å². The molecule has 1 aliphatic heterocycles. The summed E-state index contributed by atoms with van der Waals surface area (Å²) < 4.78 is 0. The van der Waals surface area contributed by atoms with Crippen molar-refractivity contribution >= 4 is 5.97 Å². The number of carboxylic acid groups (broad SMARTS) is 1. The van der Waals surface area contributed by atoms with Gasteiger partial charge in [0.2, 0.25) is 0 Å². The van der Waals surface area contributed by atoms with Crippen LogP contribution in [0.25, 0.3) is 0 Å². The summed E-state index contributed by atoms with van der Waals surface area (Å²) >= 11 is 0. The summed E-state index contributed by atoms with van der Waals surface area (Å²) in [4.78, 5) is 10.5. The van der Waals surface area contributed by atoms with Gasteiger partial charge in [0.05, 0.1) is 5.92 Å². The van der Waals surface area contributed by atoms with Crippen molar-refractivity contribution in [1.82, 2.24) is 5.32 Å². The molecule has 3 nitrogen and oxygen atoms in total. The van der Waals surface area contributed by atoms with Crippen LogP contribution in [-0.4, -0.2) is 23.7 Å². The molecule has 0 aromatic heterocycles. The largest absolute Gasteiger partial charge is 0.481 e. The molecule has 0 spiro atoms. The molecule has 1 heterocycles. The molecule has 1 rings (SSSR count). The van der Waals surface area contributed by atoms with Crippen LogP contribution in [0.5, 0.6) is 0 Å². The van der Waals surface area contributed by atoms with Gasteiger partial charge in [-0.3, -0.25) is 4.79 Å². The highest BCUT2D eigenvalue weighted by molar-refractivity contribution is 5.71. The van der Waals surface area contributed by atoms with Crippen LogP contribution < -0.4 is 5.32 Å². The van der Waals surface area contributed by atoms with Crippen molar-refractivity contribution in [2.45, 2.75) is 25.8 Å². The molecule has 0 radical (unpaired) electrons. The maximum absolute atomic E-state index is 10.5. The van der Waals surface area contributed by atoms with E-state index in [0.717, 1.165) is 19.4 Å². The van der Waals surface area contributed by atoms with Gasteiger partial charge in [-0.25, -0.2) is 0 Å². The van der Waals surface area contributed by atoms with Gasteiger partial charge >= 0.3 is 5.97 Å². The van der Waals surface area contributed by atoms with Crippen LogP contribution in [0.2, 0.25) is 0 Å². The van der Waals surface area contributed by atoms with Crippen molar-refractivity contribution in [2.75, 3.05) is 6.54 Å². The molecule has 2 N–H and O–H groups in total. The third kappa shape index (κ3) is 1.29. The zero-order valence-electron chi connectivity index (χ0n) is 6.13. The van der Waals surface area contributed by atoms with Gasteiger partial charge in [0.15, 0.2) is 0 Å². The molecule has 1 saturated heterocycles. The van der Waals surface area contributed by atoms with E-state index < -0.39 is 5.97 Å². The number of nitrogens with one attached hydrogen (secondary N) is 1. The van der Waals surface area contributed by atoms with Crippen LogP contribution in [0.1, 0.15) is 19.8 Å². The molecule has 10 heavy (non-hydrogen) atoms. The SMILES string of the molecule is CCC1NCCC1C(=O)O. The summed E-state index contributed by atoms with van der Waals surface area (Å²) in [6, 6.07) is 0.206.